The first-order valence-corrected chi connectivity index (χ1v) is 11.0. The molecule has 1 fully saturated rings. The van der Waals surface area contributed by atoms with Gasteiger partial charge in [-0.15, -0.1) is 0 Å². The number of carbonyl (C=O) groups is 1. The van der Waals surface area contributed by atoms with E-state index in [2.05, 4.69) is 10.3 Å². The van der Waals surface area contributed by atoms with Gasteiger partial charge >= 0.3 is 11.7 Å². The van der Waals surface area contributed by atoms with Gasteiger partial charge < -0.3 is 15.0 Å². The number of carboxylic acids is 1. The number of carboxylic acid groups (broad SMARTS) is 1. The fraction of sp³-hybridized carbons (Fsp3) is 0.429. The summed E-state index contributed by atoms with van der Waals surface area (Å²) in [6, 6.07) is 5.02. The molecule has 0 atom stereocenters. The fourth-order valence-corrected chi connectivity index (χ4v) is 4.52. The standard InChI is InChI=1S/C21H23Cl2N5O4/c1-26-16-17(25-20(26)24-13-6-4-12(5-7-13)19(30)31)27(2)21(32)28(18(16)29)10-11-3-8-14(22)15(23)9-11/h3,8-9,12-13H,4-7,10H2,1-2H3,(H,24,25)(H,30,31)/t12-,13-. The van der Waals surface area contributed by atoms with E-state index >= 15 is 0 Å². The summed E-state index contributed by atoms with van der Waals surface area (Å²) >= 11 is 12.0. The molecule has 170 valence electrons. The maximum Gasteiger partial charge on any atom is 0.332 e. The highest BCUT2D eigenvalue weighted by atomic mass is 35.5. The molecule has 1 aromatic carbocycles. The molecule has 32 heavy (non-hydrogen) atoms. The lowest BCUT2D eigenvalue weighted by molar-refractivity contribution is -0.142. The zero-order valence-electron chi connectivity index (χ0n) is 17.6. The Bertz CT molecular complexity index is 1320. The molecule has 2 heterocycles. The van der Waals surface area contributed by atoms with Crippen LogP contribution in [0.15, 0.2) is 27.8 Å². The molecule has 4 rings (SSSR count). The van der Waals surface area contributed by atoms with Crippen molar-refractivity contribution in [2.24, 2.45) is 20.0 Å². The van der Waals surface area contributed by atoms with Crippen molar-refractivity contribution in [3.63, 3.8) is 0 Å². The lowest BCUT2D eigenvalue weighted by Gasteiger charge is -2.27. The van der Waals surface area contributed by atoms with Gasteiger partial charge in [0.1, 0.15) is 0 Å². The highest BCUT2D eigenvalue weighted by molar-refractivity contribution is 6.42. The highest BCUT2D eigenvalue weighted by Gasteiger charge is 2.27. The Morgan fingerprint density at radius 1 is 1.12 bits per heavy atom. The highest BCUT2D eigenvalue weighted by Crippen LogP contribution is 2.27. The van der Waals surface area contributed by atoms with E-state index < -0.39 is 17.2 Å². The average Bonchev–Trinajstić information content (AvgIpc) is 3.09. The SMILES string of the molecule is Cn1c(N[C@H]2CC[C@H](C(=O)O)CC2)nc2c1c(=O)n(Cc1ccc(Cl)c(Cl)c1)c(=O)n2C. The number of aliphatic carboxylic acids is 1. The molecule has 0 spiro atoms. The van der Waals surface area contributed by atoms with Gasteiger partial charge in [0.25, 0.3) is 5.56 Å². The van der Waals surface area contributed by atoms with Gasteiger partial charge in [0, 0.05) is 20.1 Å². The van der Waals surface area contributed by atoms with Crippen LogP contribution in [0.3, 0.4) is 0 Å². The molecular formula is C21H23Cl2N5O4. The van der Waals surface area contributed by atoms with E-state index in [9.17, 15) is 19.5 Å². The molecule has 0 radical (unpaired) electrons. The van der Waals surface area contributed by atoms with Crippen LogP contribution in [0.5, 0.6) is 0 Å². The predicted octanol–water partition coefficient (Wildman–Crippen LogP) is 2.84. The van der Waals surface area contributed by atoms with Gasteiger partial charge in [0.15, 0.2) is 11.2 Å². The monoisotopic (exact) mass is 479 g/mol. The van der Waals surface area contributed by atoms with Crippen LogP contribution in [0.1, 0.15) is 31.2 Å². The number of benzene rings is 1. The summed E-state index contributed by atoms with van der Waals surface area (Å²) in [7, 11) is 3.29. The normalized spacial score (nSPS) is 18.8. The predicted molar refractivity (Wildman–Crippen MR) is 123 cm³/mol. The number of aromatic nitrogens is 4. The Morgan fingerprint density at radius 3 is 2.44 bits per heavy atom. The smallest absolute Gasteiger partial charge is 0.332 e. The van der Waals surface area contributed by atoms with E-state index in [1.54, 1.807) is 36.9 Å². The van der Waals surface area contributed by atoms with Crippen LogP contribution in [0.4, 0.5) is 5.95 Å². The third-order valence-electron chi connectivity index (χ3n) is 6.09. The molecule has 9 nitrogen and oxygen atoms in total. The van der Waals surface area contributed by atoms with Crippen molar-refractivity contribution < 1.29 is 9.90 Å². The molecule has 2 aromatic heterocycles. The second kappa shape index (κ2) is 8.63. The molecule has 11 heteroatoms. The summed E-state index contributed by atoms with van der Waals surface area (Å²) in [6.07, 6.45) is 2.57. The summed E-state index contributed by atoms with van der Waals surface area (Å²) in [5.41, 5.74) is 0.323. The Hall–Kier alpha value is -2.78. The van der Waals surface area contributed by atoms with Crippen molar-refractivity contribution in [3.8, 4) is 0 Å². The molecule has 3 aromatic rings. The first-order chi connectivity index (χ1) is 15.2. The summed E-state index contributed by atoms with van der Waals surface area (Å²) < 4.78 is 4.14. The Morgan fingerprint density at radius 2 is 1.81 bits per heavy atom. The van der Waals surface area contributed by atoms with Crippen LogP contribution in [0, 0.1) is 5.92 Å². The second-order valence-corrected chi connectivity index (χ2v) is 8.99. The third-order valence-corrected chi connectivity index (χ3v) is 6.83. The van der Waals surface area contributed by atoms with Crippen molar-refractivity contribution >= 4 is 46.3 Å². The molecule has 1 aliphatic carbocycles. The van der Waals surface area contributed by atoms with Crippen LogP contribution < -0.4 is 16.6 Å². The van der Waals surface area contributed by atoms with Crippen LogP contribution in [-0.4, -0.2) is 35.8 Å². The molecule has 0 aliphatic heterocycles. The maximum atomic E-state index is 13.2. The molecule has 1 aliphatic rings. The van der Waals surface area contributed by atoms with Crippen molar-refractivity contribution in [3.05, 3.63) is 54.6 Å². The Labute approximate surface area is 193 Å². The Balaban J connectivity index is 1.68. The number of imidazole rings is 1. The zero-order chi connectivity index (χ0) is 23.2. The minimum atomic E-state index is -0.760. The summed E-state index contributed by atoms with van der Waals surface area (Å²) in [4.78, 5) is 41.8. The van der Waals surface area contributed by atoms with Gasteiger partial charge in [-0.25, -0.2) is 4.79 Å². The van der Waals surface area contributed by atoms with Crippen molar-refractivity contribution in [2.75, 3.05) is 5.32 Å². The van der Waals surface area contributed by atoms with Gasteiger partial charge in [-0.2, -0.15) is 4.98 Å². The molecular weight excluding hydrogens is 457 g/mol. The van der Waals surface area contributed by atoms with E-state index in [4.69, 9.17) is 23.2 Å². The zero-order valence-corrected chi connectivity index (χ0v) is 19.2. The van der Waals surface area contributed by atoms with E-state index in [1.165, 1.54) is 4.57 Å². The molecule has 0 saturated heterocycles. The van der Waals surface area contributed by atoms with E-state index in [1.807, 2.05) is 0 Å². The van der Waals surface area contributed by atoms with Crippen LogP contribution in [0.25, 0.3) is 11.2 Å². The average molecular weight is 480 g/mol. The number of rotatable bonds is 5. The van der Waals surface area contributed by atoms with Gasteiger partial charge in [-0.05, 0) is 43.4 Å². The van der Waals surface area contributed by atoms with Crippen LogP contribution in [0.2, 0.25) is 10.0 Å². The molecule has 0 amide bonds. The minimum Gasteiger partial charge on any atom is -0.481 e. The number of aryl methyl sites for hydroxylation is 2. The molecule has 2 N–H and O–H groups in total. The van der Waals surface area contributed by atoms with Gasteiger partial charge in [-0.3, -0.25) is 18.7 Å². The summed E-state index contributed by atoms with van der Waals surface area (Å²) in [5, 5.41) is 13.2. The number of nitrogens with one attached hydrogen (secondary N) is 1. The molecule has 0 unspecified atom stereocenters. The van der Waals surface area contributed by atoms with Crippen LogP contribution >= 0.6 is 23.2 Å². The number of nitrogens with zero attached hydrogens (tertiary/aromatic N) is 4. The third kappa shape index (κ3) is 4.02. The summed E-state index contributed by atoms with van der Waals surface area (Å²) in [6.45, 7) is 0.0471. The minimum absolute atomic E-state index is 0.0471. The fourth-order valence-electron chi connectivity index (χ4n) is 4.20. The second-order valence-electron chi connectivity index (χ2n) is 8.18. The van der Waals surface area contributed by atoms with E-state index in [-0.39, 0.29) is 24.2 Å². The summed E-state index contributed by atoms with van der Waals surface area (Å²) in [5.74, 6) is -0.607. The van der Waals surface area contributed by atoms with Gasteiger partial charge in [-0.1, -0.05) is 29.3 Å². The number of hydrogen-bond donors (Lipinski definition) is 2. The lowest BCUT2D eigenvalue weighted by Crippen LogP contribution is -2.39. The quantitative estimate of drug-likeness (QED) is 0.581. The lowest BCUT2D eigenvalue weighted by atomic mass is 9.86. The first kappa shape index (κ1) is 22.4. The van der Waals surface area contributed by atoms with Crippen LogP contribution in [-0.2, 0) is 25.4 Å². The largest absolute Gasteiger partial charge is 0.481 e. The van der Waals surface area contributed by atoms with Crippen molar-refractivity contribution in [1.82, 2.24) is 18.7 Å². The molecule has 0 bridgehead atoms. The number of anilines is 1. The topological polar surface area (TPSA) is 111 Å². The molecule has 1 saturated carbocycles. The number of fused-ring (bicyclic) bond motifs is 1. The van der Waals surface area contributed by atoms with Gasteiger partial charge in [0.05, 0.1) is 22.5 Å². The first-order valence-electron chi connectivity index (χ1n) is 10.3. The Kier molecular flexibility index (Phi) is 6.05. The van der Waals surface area contributed by atoms with E-state index in [0.29, 0.717) is 52.8 Å². The maximum absolute atomic E-state index is 13.2. The van der Waals surface area contributed by atoms with Crippen molar-refractivity contribution in [1.29, 1.82) is 0 Å². The number of hydrogen-bond acceptors (Lipinski definition) is 5. The number of halogens is 2. The van der Waals surface area contributed by atoms with E-state index in [0.717, 1.165) is 4.57 Å². The van der Waals surface area contributed by atoms with Crippen molar-refractivity contribution in [2.45, 2.75) is 38.3 Å². The van der Waals surface area contributed by atoms with Gasteiger partial charge in [0.2, 0.25) is 5.95 Å².